The number of benzene rings is 8. The fraction of sp³-hybridized carbons (Fsp3) is 0. The van der Waals surface area contributed by atoms with Crippen LogP contribution in [0.25, 0.3) is 60.9 Å². The second-order valence-electron chi connectivity index (χ2n) is 13.6. The Hall–Kier alpha value is -6.58. The number of para-hydroxylation sites is 1. The Labute approximate surface area is 297 Å². The average molecular weight is 647 g/mol. The molecule has 2 aliphatic rings. The van der Waals surface area contributed by atoms with Crippen LogP contribution in [0.15, 0.2) is 188 Å². The molecule has 2 aliphatic heterocycles. The molecule has 11 rings (SSSR count). The molecule has 3 heterocycles. The summed E-state index contributed by atoms with van der Waals surface area (Å²) in [6, 6.07) is 69.1. The molecule has 0 spiro atoms. The molecule has 0 saturated heterocycles. The first-order valence-corrected chi connectivity index (χ1v) is 17.7. The number of hydrogen-bond donors (Lipinski definition) is 0. The van der Waals surface area contributed by atoms with Gasteiger partial charge in [0.15, 0.2) is 0 Å². The van der Waals surface area contributed by atoms with Crippen LogP contribution in [0.1, 0.15) is 0 Å². The van der Waals surface area contributed by atoms with Gasteiger partial charge in [-0.15, -0.1) is 0 Å². The molecule has 0 amide bonds. The number of hydrogen-bond acceptors (Lipinski definition) is 1. The molecule has 0 atom stereocenters. The highest BCUT2D eigenvalue weighted by molar-refractivity contribution is 7.02. The molecule has 9 aromatic rings. The third kappa shape index (κ3) is 4.06. The molecule has 0 unspecified atom stereocenters. The summed E-state index contributed by atoms with van der Waals surface area (Å²) < 4.78 is 2.58. The van der Waals surface area contributed by atoms with Crippen LogP contribution >= 0.6 is 0 Å². The Morgan fingerprint density at radius 3 is 1.59 bits per heavy atom. The van der Waals surface area contributed by atoms with Crippen LogP contribution in [0.2, 0.25) is 0 Å². The van der Waals surface area contributed by atoms with Crippen molar-refractivity contribution in [1.29, 1.82) is 0 Å². The maximum Gasteiger partial charge on any atom is 0.253 e. The van der Waals surface area contributed by atoms with Gasteiger partial charge < -0.3 is 9.47 Å². The van der Waals surface area contributed by atoms with E-state index in [-0.39, 0.29) is 6.71 Å². The number of nitrogens with zero attached hydrogens (tertiary/aromatic N) is 2. The van der Waals surface area contributed by atoms with Gasteiger partial charge in [0.05, 0.1) is 5.52 Å². The Morgan fingerprint density at radius 1 is 0.353 bits per heavy atom. The Morgan fingerprint density at radius 2 is 0.902 bits per heavy atom. The standard InChI is InChI=1S/C48H31BN2/c1-5-15-32(16-6-1)35-27-28-39-40-30-29-38(34-19-9-3-10-20-34)46-48(40)51(44(39)31-35)43-26-14-25-42-47(43)49(46)45-37(33-17-7-2-8-18-33)23-13-24-41(45)50(42)36-21-11-4-12-22-36/h1-31H. The lowest BCUT2D eigenvalue weighted by Crippen LogP contribution is -2.61. The second kappa shape index (κ2) is 11.0. The van der Waals surface area contributed by atoms with Crippen molar-refractivity contribution in [2.24, 2.45) is 0 Å². The molecule has 1 aromatic heterocycles. The van der Waals surface area contributed by atoms with Crippen LogP contribution < -0.4 is 21.3 Å². The van der Waals surface area contributed by atoms with E-state index in [9.17, 15) is 0 Å². The number of fused-ring (bicyclic) bond motifs is 7. The topological polar surface area (TPSA) is 8.17 Å². The van der Waals surface area contributed by atoms with E-state index >= 15 is 0 Å². The molecule has 236 valence electrons. The van der Waals surface area contributed by atoms with Crippen LogP contribution in [-0.4, -0.2) is 11.3 Å². The highest BCUT2D eigenvalue weighted by Gasteiger charge is 2.44. The minimum atomic E-state index is 0.00637. The largest absolute Gasteiger partial charge is 0.311 e. The summed E-state index contributed by atoms with van der Waals surface area (Å²) in [5.41, 5.74) is 18.9. The lowest BCUT2D eigenvalue weighted by atomic mass is 9.32. The van der Waals surface area contributed by atoms with E-state index in [1.54, 1.807) is 0 Å². The van der Waals surface area contributed by atoms with Crippen molar-refractivity contribution in [2.45, 2.75) is 0 Å². The lowest BCUT2D eigenvalue weighted by molar-refractivity contribution is 1.18. The Bertz CT molecular complexity index is 2790. The number of anilines is 3. The van der Waals surface area contributed by atoms with Crippen LogP contribution in [0.4, 0.5) is 17.1 Å². The Balaban J connectivity index is 1.33. The molecule has 0 N–H and O–H groups in total. The fourth-order valence-corrected chi connectivity index (χ4v) is 8.92. The fourth-order valence-electron chi connectivity index (χ4n) is 8.92. The average Bonchev–Trinajstić information content (AvgIpc) is 3.54. The van der Waals surface area contributed by atoms with Crippen molar-refractivity contribution < 1.29 is 0 Å². The molecule has 0 radical (unpaired) electrons. The number of aromatic nitrogens is 1. The van der Waals surface area contributed by atoms with Crippen molar-refractivity contribution in [2.75, 3.05) is 4.90 Å². The molecular weight excluding hydrogens is 615 g/mol. The van der Waals surface area contributed by atoms with Crippen molar-refractivity contribution >= 4 is 62.0 Å². The van der Waals surface area contributed by atoms with Gasteiger partial charge in [0.2, 0.25) is 0 Å². The molecule has 0 bridgehead atoms. The van der Waals surface area contributed by atoms with Crippen molar-refractivity contribution in [3.05, 3.63) is 188 Å². The van der Waals surface area contributed by atoms with E-state index < -0.39 is 0 Å². The van der Waals surface area contributed by atoms with Gasteiger partial charge in [0.25, 0.3) is 6.71 Å². The molecule has 0 saturated carbocycles. The smallest absolute Gasteiger partial charge is 0.253 e. The van der Waals surface area contributed by atoms with Gasteiger partial charge in [-0.2, -0.15) is 0 Å². The van der Waals surface area contributed by atoms with Gasteiger partial charge in [-0.05, 0) is 86.2 Å². The molecule has 0 aliphatic carbocycles. The van der Waals surface area contributed by atoms with Crippen LogP contribution in [0.3, 0.4) is 0 Å². The molecule has 51 heavy (non-hydrogen) atoms. The third-order valence-corrected chi connectivity index (χ3v) is 11.0. The van der Waals surface area contributed by atoms with Crippen LogP contribution in [-0.2, 0) is 0 Å². The van der Waals surface area contributed by atoms with E-state index in [4.69, 9.17) is 0 Å². The van der Waals surface area contributed by atoms with E-state index in [1.165, 1.54) is 88.6 Å². The summed E-state index contributed by atoms with van der Waals surface area (Å²) in [4.78, 5) is 2.49. The lowest BCUT2D eigenvalue weighted by Gasteiger charge is -2.41. The van der Waals surface area contributed by atoms with Crippen molar-refractivity contribution in [3.8, 4) is 39.1 Å². The van der Waals surface area contributed by atoms with E-state index in [0.717, 1.165) is 5.69 Å². The Kier molecular flexibility index (Phi) is 6.08. The van der Waals surface area contributed by atoms with Gasteiger partial charge in [-0.1, -0.05) is 152 Å². The van der Waals surface area contributed by atoms with Gasteiger partial charge in [-0.3, -0.25) is 0 Å². The van der Waals surface area contributed by atoms with Gasteiger partial charge >= 0.3 is 0 Å². The van der Waals surface area contributed by atoms with Crippen LogP contribution in [0, 0.1) is 0 Å². The SMILES string of the molecule is c1ccc(-c2ccc3c4ccc(-c5ccccc5)c5c4n(c3c2)-c2cccc3c2B5c2c(-c4ccccc4)cccc2N3c2ccccc2)cc1. The normalized spacial score (nSPS) is 12.6. The van der Waals surface area contributed by atoms with Gasteiger partial charge in [0.1, 0.15) is 0 Å². The third-order valence-electron chi connectivity index (χ3n) is 11.0. The summed E-state index contributed by atoms with van der Waals surface area (Å²) in [5, 5.41) is 2.57. The van der Waals surface area contributed by atoms with E-state index in [2.05, 4.69) is 198 Å². The first kappa shape index (κ1) is 28.3. The maximum absolute atomic E-state index is 2.58. The van der Waals surface area contributed by atoms with Crippen LogP contribution in [0.5, 0.6) is 0 Å². The van der Waals surface area contributed by atoms with E-state index in [0.29, 0.717) is 0 Å². The van der Waals surface area contributed by atoms with E-state index in [1.807, 2.05) is 0 Å². The maximum atomic E-state index is 2.58. The number of rotatable bonds is 4. The zero-order chi connectivity index (χ0) is 33.5. The first-order chi connectivity index (χ1) is 25.3. The second-order valence-corrected chi connectivity index (χ2v) is 13.6. The highest BCUT2D eigenvalue weighted by Crippen LogP contribution is 2.44. The summed E-state index contributed by atoms with van der Waals surface area (Å²) in [7, 11) is 0. The zero-order valence-electron chi connectivity index (χ0n) is 27.9. The molecular formula is C48H31BN2. The first-order valence-electron chi connectivity index (χ1n) is 17.7. The minimum Gasteiger partial charge on any atom is -0.311 e. The van der Waals surface area contributed by atoms with Gasteiger partial charge in [0, 0.05) is 39.0 Å². The summed E-state index contributed by atoms with van der Waals surface area (Å²) in [5.74, 6) is 0. The predicted octanol–water partition coefficient (Wildman–Crippen LogP) is 10.4. The molecule has 3 heteroatoms. The molecule has 8 aromatic carbocycles. The quantitative estimate of drug-likeness (QED) is 0.173. The highest BCUT2D eigenvalue weighted by atomic mass is 15.2. The molecule has 2 nitrogen and oxygen atoms in total. The predicted molar refractivity (Wildman–Crippen MR) is 216 cm³/mol. The summed E-state index contributed by atoms with van der Waals surface area (Å²) >= 11 is 0. The minimum absolute atomic E-state index is 0.00637. The molecule has 0 fully saturated rings. The zero-order valence-corrected chi connectivity index (χ0v) is 27.9. The van der Waals surface area contributed by atoms with Crippen molar-refractivity contribution in [1.82, 2.24) is 4.57 Å². The van der Waals surface area contributed by atoms with Crippen molar-refractivity contribution in [3.63, 3.8) is 0 Å². The summed E-state index contributed by atoms with van der Waals surface area (Å²) in [6.07, 6.45) is 0. The summed E-state index contributed by atoms with van der Waals surface area (Å²) in [6.45, 7) is 0.00637. The van der Waals surface area contributed by atoms with Gasteiger partial charge in [-0.25, -0.2) is 0 Å². The monoisotopic (exact) mass is 646 g/mol.